The van der Waals surface area contributed by atoms with Crippen LogP contribution in [0.2, 0.25) is 0 Å². The summed E-state index contributed by atoms with van der Waals surface area (Å²) in [5, 5.41) is 12.8. The molecule has 9 atom stereocenters. The quantitative estimate of drug-likeness (QED) is 0.0187. The molecule has 2 amide bonds. The predicted octanol–water partition coefficient (Wildman–Crippen LogP) is 11.1. The van der Waals surface area contributed by atoms with E-state index in [1.807, 2.05) is 107 Å². The van der Waals surface area contributed by atoms with Gasteiger partial charge in [0.05, 0.1) is 52.6 Å². The van der Waals surface area contributed by atoms with Crippen LogP contribution < -0.4 is 37.3 Å². The van der Waals surface area contributed by atoms with Gasteiger partial charge in [0.2, 0.25) is 0 Å². The van der Waals surface area contributed by atoms with Crippen molar-refractivity contribution in [2.75, 3.05) is 61.3 Å². The molecule has 4 heterocycles. The van der Waals surface area contributed by atoms with E-state index in [2.05, 4.69) is 32.9 Å². The van der Waals surface area contributed by atoms with Gasteiger partial charge < -0.3 is 52.4 Å². The Labute approximate surface area is 543 Å². The molecule has 3 N–H and O–H groups in total. The summed E-state index contributed by atoms with van der Waals surface area (Å²) in [6, 6.07) is 29.1. The Hall–Kier alpha value is -6.51. The Kier molecular flexibility index (Phi) is 29.6. The highest BCUT2D eigenvalue weighted by molar-refractivity contribution is 7.44. The number of amides is 2. The Balaban J connectivity index is 1.22. The van der Waals surface area contributed by atoms with Gasteiger partial charge in [0.1, 0.15) is 41.5 Å². The van der Waals surface area contributed by atoms with Crippen LogP contribution in [0.15, 0.2) is 123 Å². The minimum atomic E-state index is -1.91. The zero-order chi connectivity index (χ0) is 66.0. The third-order valence-corrected chi connectivity index (χ3v) is 19.4. The van der Waals surface area contributed by atoms with Crippen molar-refractivity contribution in [1.82, 2.24) is 34.0 Å². The van der Waals surface area contributed by atoms with Crippen molar-refractivity contribution >= 4 is 14.6 Å². The number of hydrogen-bond acceptors (Lipinski definition) is 16. The standard InChI is InChI=1S/C69H99N8O14P/c1-10-11-12-13-14-15-16-17-18-19-20-21-22-23-27-42-74(47-57-62(91-92(88-45-28-41-70)77(49(2)3)50(4)5)63(86-9)65(89-57)76-44-40-60(79)73-68(76)82)66(80)71-46-56-58(90-64(61(56)85-8)75-43-39-59(78)72-67(75)81)48-87-69(51-29-25-24-26-30-51,52-31-35-54(83-6)36-32-52)53-33-37-55(84-7)38-34-53/h24-26,29-40,43-44,49-50,56-58,61-65H,10-23,27-28,42,45-48H2,1-9H3,(H,71,80)(H,72,78,81)(H,73,79,82)/t56-,57-,58-,61-,62-,63-,64-,65-,92?/m1/s1. The lowest BCUT2D eigenvalue weighted by Gasteiger charge is -2.38. The normalized spacial score (nSPS) is 20.2. The number of nitrogens with zero attached hydrogens (tertiary/aromatic N) is 5. The summed E-state index contributed by atoms with van der Waals surface area (Å²) in [5.74, 6) is 0.596. The summed E-state index contributed by atoms with van der Waals surface area (Å²) in [5.41, 5.74) is -1.56. The highest BCUT2D eigenvalue weighted by atomic mass is 31.2. The predicted molar refractivity (Wildman–Crippen MR) is 354 cm³/mol. The van der Waals surface area contributed by atoms with Crippen LogP contribution in [0.4, 0.5) is 4.79 Å². The van der Waals surface area contributed by atoms with Gasteiger partial charge >= 0.3 is 17.4 Å². The summed E-state index contributed by atoms with van der Waals surface area (Å²) >= 11 is 0. The van der Waals surface area contributed by atoms with E-state index in [9.17, 15) is 24.4 Å². The molecule has 0 spiro atoms. The van der Waals surface area contributed by atoms with Crippen LogP contribution in [-0.2, 0) is 38.3 Å². The number of methoxy groups -OCH3 is 4. The molecule has 92 heavy (non-hydrogen) atoms. The molecule has 504 valence electrons. The number of nitriles is 1. The van der Waals surface area contributed by atoms with Crippen molar-refractivity contribution in [1.29, 1.82) is 5.26 Å². The van der Waals surface area contributed by atoms with Gasteiger partial charge in [-0.05, 0) is 75.1 Å². The molecule has 2 aliphatic rings. The number of nitrogens with one attached hydrogen (secondary N) is 3. The highest BCUT2D eigenvalue weighted by Crippen LogP contribution is 2.51. The molecule has 0 radical (unpaired) electrons. The third kappa shape index (κ3) is 19.5. The first kappa shape index (κ1) is 72.9. The van der Waals surface area contributed by atoms with Crippen molar-refractivity contribution < 1.29 is 47.0 Å². The number of carbonyl (C=O) groups is 1. The Bertz CT molecular complexity index is 3210. The van der Waals surface area contributed by atoms with Gasteiger partial charge in [0.15, 0.2) is 12.5 Å². The second-order valence-electron chi connectivity index (χ2n) is 24.2. The zero-order valence-corrected chi connectivity index (χ0v) is 56.2. The van der Waals surface area contributed by atoms with Crippen molar-refractivity contribution in [2.24, 2.45) is 5.92 Å². The molecule has 3 aromatic carbocycles. The maximum Gasteiger partial charge on any atom is 0.330 e. The van der Waals surface area contributed by atoms with Gasteiger partial charge in [-0.2, -0.15) is 5.26 Å². The van der Waals surface area contributed by atoms with Crippen molar-refractivity contribution in [2.45, 2.75) is 198 Å². The Morgan fingerprint density at radius 2 is 1.12 bits per heavy atom. The average Bonchev–Trinajstić information content (AvgIpc) is 1.15. The fourth-order valence-electron chi connectivity index (χ4n) is 12.6. The monoisotopic (exact) mass is 1290 g/mol. The van der Waals surface area contributed by atoms with Crippen LogP contribution in [0.5, 0.6) is 11.5 Å². The fraction of sp³-hybridized carbons (Fsp3) is 0.594. The van der Waals surface area contributed by atoms with E-state index in [1.165, 1.54) is 112 Å². The number of benzene rings is 3. The number of aromatic nitrogens is 4. The summed E-state index contributed by atoms with van der Waals surface area (Å²) in [7, 11) is 4.30. The second-order valence-corrected chi connectivity index (χ2v) is 25.6. The molecule has 0 aliphatic carbocycles. The van der Waals surface area contributed by atoms with E-state index in [0.29, 0.717) is 24.5 Å². The Morgan fingerprint density at radius 3 is 1.59 bits per heavy atom. The van der Waals surface area contributed by atoms with Crippen molar-refractivity contribution in [3.05, 3.63) is 162 Å². The SMILES string of the molecule is CCCCCCCCCCCCCCCCCN(C[C@H]1O[C@@H](n2ccc(=O)[nH]c2=O)[C@H](OC)[C@@H]1OP(OCCC#N)N(C(C)C)C(C)C)C(=O)NC[C@H]1[C@@H](OC)[C@H](n2ccc(=O)[nH]c2=O)O[C@@H]1COC(c1ccccc1)(c1ccc(OC)cc1)c1ccc(OC)cc1. The van der Waals surface area contributed by atoms with E-state index in [0.717, 1.165) is 42.4 Å². The van der Waals surface area contributed by atoms with Crippen LogP contribution in [0.25, 0.3) is 0 Å². The number of H-pyrrole nitrogens is 2. The number of rotatable bonds is 40. The topological polar surface area (TPSA) is 252 Å². The van der Waals surface area contributed by atoms with Crippen LogP contribution in [0, 0.1) is 17.2 Å². The molecule has 23 heteroatoms. The van der Waals surface area contributed by atoms with Crippen LogP contribution in [0.1, 0.15) is 166 Å². The lowest BCUT2D eigenvalue weighted by molar-refractivity contribution is -0.0928. The molecule has 7 rings (SSSR count). The number of carbonyl (C=O) groups excluding carboxylic acids is 1. The van der Waals surface area contributed by atoms with Crippen molar-refractivity contribution in [3.63, 3.8) is 0 Å². The first-order chi connectivity index (χ1) is 44.6. The van der Waals surface area contributed by atoms with Crippen LogP contribution in [0.3, 0.4) is 0 Å². The molecule has 2 aromatic heterocycles. The van der Waals surface area contributed by atoms with Crippen LogP contribution >= 0.6 is 8.53 Å². The van der Waals surface area contributed by atoms with E-state index >= 15 is 4.79 Å². The van der Waals surface area contributed by atoms with Gasteiger partial charge in [0, 0.05) is 69.8 Å². The van der Waals surface area contributed by atoms with Crippen LogP contribution in [-0.4, -0.2) is 139 Å². The first-order valence-electron chi connectivity index (χ1n) is 32.9. The molecule has 1 unspecified atom stereocenters. The fourth-order valence-corrected chi connectivity index (χ4v) is 14.4. The molecule has 0 bridgehead atoms. The number of unbranched alkanes of at least 4 members (excludes halogenated alkanes) is 14. The maximum atomic E-state index is 15.5. The van der Waals surface area contributed by atoms with Gasteiger partial charge in [0.25, 0.3) is 19.6 Å². The molecule has 2 saturated heterocycles. The molecule has 5 aromatic rings. The van der Waals surface area contributed by atoms with Gasteiger partial charge in [-0.3, -0.25) is 28.7 Å². The second kappa shape index (κ2) is 37.4. The van der Waals surface area contributed by atoms with E-state index in [1.54, 1.807) is 19.1 Å². The number of ether oxygens (including phenoxy) is 7. The summed E-state index contributed by atoms with van der Waals surface area (Å²) in [4.78, 5) is 74.1. The smallest absolute Gasteiger partial charge is 0.330 e. The van der Waals surface area contributed by atoms with Gasteiger partial charge in [-0.25, -0.2) is 19.1 Å². The molecule has 0 saturated carbocycles. The average molecular weight is 1300 g/mol. The molecular weight excluding hydrogens is 1200 g/mol. The minimum absolute atomic E-state index is 0.0456. The summed E-state index contributed by atoms with van der Waals surface area (Å²) < 4.78 is 63.0. The molecule has 2 aliphatic heterocycles. The lowest BCUT2D eigenvalue weighted by atomic mass is 9.80. The Morgan fingerprint density at radius 1 is 0.641 bits per heavy atom. The number of aromatic amines is 2. The lowest BCUT2D eigenvalue weighted by Crippen LogP contribution is -2.50. The molecule has 2 fully saturated rings. The first-order valence-corrected chi connectivity index (χ1v) is 34.0. The zero-order valence-electron chi connectivity index (χ0n) is 55.3. The summed E-state index contributed by atoms with van der Waals surface area (Å²) in [6.07, 6.45) is 13.5. The molecule has 22 nitrogen and oxygen atoms in total. The van der Waals surface area contributed by atoms with Crippen molar-refractivity contribution in [3.8, 4) is 17.6 Å². The van der Waals surface area contributed by atoms with Gasteiger partial charge in [-0.1, -0.05) is 151 Å². The van der Waals surface area contributed by atoms with Gasteiger partial charge in [-0.15, -0.1) is 0 Å². The maximum absolute atomic E-state index is 15.5. The van der Waals surface area contributed by atoms with E-state index in [-0.39, 0.29) is 44.8 Å². The van der Waals surface area contributed by atoms with E-state index < -0.39 is 91.5 Å². The third-order valence-electron chi connectivity index (χ3n) is 17.3. The summed E-state index contributed by atoms with van der Waals surface area (Å²) in [6.45, 7) is 10.5. The number of hydrogen-bond donors (Lipinski definition) is 3. The highest BCUT2D eigenvalue weighted by Gasteiger charge is 2.52. The molecular formula is C69H99N8O14P. The largest absolute Gasteiger partial charge is 0.497 e. The number of urea groups is 1. The van der Waals surface area contributed by atoms with E-state index in [4.69, 9.17) is 42.2 Å². The minimum Gasteiger partial charge on any atom is -0.497 e.